The summed E-state index contributed by atoms with van der Waals surface area (Å²) in [5, 5.41) is 0. The molecule has 0 aliphatic rings. The minimum absolute atomic E-state index is 1.06. The number of imidazole rings is 1. The molecule has 2 aromatic carbocycles. The van der Waals surface area contributed by atoms with E-state index in [1.54, 1.807) is 11.3 Å². The smallest absolute Gasteiger partial charge is 0.196 e. The summed E-state index contributed by atoms with van der Waals surface area (Å²) in [6, 6.07) is 17.1. The lowest BCUT2D eigenvalue weighted by Crippen LogP contribution is -1.88. The maximum Gasteiger partial charge on any atom is 0.196 e. The van der Waals surface area contributed by atoms with E-state index < -0.39 is 0 Å². The number of thiazole rings is 1. The molecular weight excluding hydrogens is 379 g/mol. The minimum atomic E-state index is 1.06. The monoisotopic (exact) mass is 390 g/mol. The van der Waals surface area contributed by atoms with Crippen LogP contribution in [0.5, 0.6) is 0 Å². The van der Waals surface area contributed by atoms with Gasteiger partial charge in [-0.1, -0.05) is 53.3 Å². The number of fused-ring (bicyclic) bond motifs is 3. The van der Waals surface area contributed by atoms with Gasteiger partial charge in [-0.3, -0.25) is 4.40 Å². The Morgan fingerprint density at radius 2 is 1.80 bits per heavy atom. The van der Waals surface area contributed by atoms with Crippen molar-refractivity contribution in [3.63, 3.8) is 0 Å². The van der Waals surface area contributed by atoms with Crippen LogP contribution >= 0.6 is 33.9 Å². The lowest BCUT2D eigenvalue weighted by atomic mass is 10.1. The van der Waals surface area contributed by atoms with Crippen LogP contribution < -0.4 is 0 Å². The summed E-state index contributed by atoms with van der Waals surface area (Å²) >= 11 is 4.07. The molecule has 2 heterocycles. The zero-order valence-corrected chi connectivity index (χ0v) is 13.8. The van der Waals surface area contributed by atoms with Crippen LogP contribution in [-0.2, 0) is 0 Å². The fraction of sp³-hybridized carbons (Fsp3) is 0.0625. The Morgan fingerprint density at radius 3 is 2.60 bits per heavy atom. The molecule has 4 aromatic rings. The topological polar surface area (TPSA) is 17.3 Å². The largest absolute Gasteiger partial charge is 0.282 e. The van der Waals surface area contributed by atoms with Crippen LogP contribution in [0.25, 0.3) is 26.4 Å². The molecule has 0 aliphatic carbocycles. The zero-order chi connectivity index (χ0) is 13.7. The van der Waals surface area contributed by atoms with Gasteiger partial charge in [-0.25, -0.2) is 4.98 Å². The summed E-state index contributed by atoms with van der Waals surface area (Å²) in [7, 11) is 0. The Labute approximate surface area is 134 Å². The number of halogens is 1. The van der Waals surface area contributed by atoms with Crippen molar-refractivity contribution in [1.82, 2.24) is 9.38 Å². The van der Waals surface area contributed by atoms with Gasteiger partial charge in [-0.2, -0.15) is 0 Å². The first-order chi connectivity index (χ1) is 9.74. The molecule has 4 heteroatoms. The molecule has 2 nitrogen and oxygen atoms in total. The molecule has 4 rings (SSSR count). The maximum atomic E-state index is 4.72. The third-order valence-electron chi connectivity index (χ3n) is 3.44. The van der Waals surface area contributed by atoms with Crippen molar-refractivity contribution in [3.05, 3.63) is 57.8 Å². The van der Waals surface area contributed by atoms with Gasteiger partial charge in [0.25, 0.3) is 0 Å². The van der Waals surface area contributed by atoms with Crippen LogP contribution in [0.15, 0.2) is 48.5 Å². The summed E-state index contributed by atoms with van der Waals surface area (Å²) in [4.78, 5) is 5.78. The second kappa shape index (κ2) is 4.56. The van der Waals surface area contributed by atoms with E-state index in [-0.39, 0.29) is 0 Å². The van der Waals surface area contributed by atoms with E-state index in [2.05, 4.69) is 82.4 Å². The Morgan fingerprint density at radius 1 is 1.05 bits per heavy atom. The molecule has 2 aromatic heterocycles. The Bertz CT molecular complexity index is 919. The molecule has 0 fully saturated rings. The molecular formula is C16H11IN2S. The predicted octanol–water partition coefficient (Wildman–Crippen LogP) is 5.13. The molecule has 98 valence electrons. The van der Waals surface area contributed by atoms with E-state index in [0.29, 0.717) is 0 Å². The number of aromatic nitrogens is 2. The van der Waals surface area contributed by atoms with E-state index >= 15 is 0 Å². The predicted molar refractivity (Wildman–Crippen MR) is 93.5 cm³/mol. The zero-order valence-electron chi connectivity index (χ0n) is 10.8. The van der Waals surface area contributed by atoms with Gasteiger partial charge in [0.2, 0.25) is 0 Å². The number of hydrogen-bond donors (Lipinski definition) is 0. The van der Waals surface area contributed by atoms with Crippen molar-refractivity contribution in [3.8, 4) is 11.3 Å². The summed E-state index contributed by atoms with van der Waals surface area (Å²) in [6.45, 7) is 2.11. The van der Waals surface area contributed by atoms with Gasteiger partial charge in [0, 0.05) is 5.56 Å². The van der Waals surface area contributed by atoms with Gasteiger partial charge >= 0.3 is 0 Å². The second-order valence-electron chi connectivity index (χ2n) is 4.81. The van der Waals surface area contributed by atoms with Crippen molar-refractivity contribution in [2.24, 2.45) is 0 Å². The minimum Gasteiger partial charge on any atom is -0.282 e. The number of hydrogen-bond acceptors (Lipinski definition) is 2. The molecule has 0 amide bonds. The van der Waals surface area contributed by atoms with E-state index in [4.69, 9.17) is 4.98 Å². The van der Waals surface area contributed by atoms with Crippen LogP contribution in [0.4, 0.5) is 0 Å². The van der Waals surface area contributed by atoms with Gasteiger partial charge in [-0.15, -0.1) is 0 Å². The molecule has 0 aliphatic heterocycles. The van der Waals surface area contributed by atoms with Gasteiger partial charge in [-0.05, 0) is 41.6 Å². The first kappa shape index (κ1) is 12.3. The van der Waals surface area contributed by atoms with Crippen LogP contribution in [0.1, 0.15) is 5.56 Å². The van der Waals surface area contributed by atoms with Crippen LogP contribution in [-0.4, -0.2) is 9.38 Å². The normalized spacial score (nSPS) is 11.5. The lowest BCUT2D eigenvalue weighted by Gasteiger charge is -2.03. The SMILES string of the molecule is Cc1ccc(-c2c(I)nc3sc4ccccc4n23)cc1. The third-order valence-corrected chi connectivity index (χ3v) is 5.21. The first-order valence-electron chi connectivity index (χ1n) is 6.36. The molecule has 0 saturated heterocycles. The number of aryl methyl sites for hydroxylation is 1. The van der Waals surface area contributed by atoms with Crippen molar-refractivity contribution in [2.75, 3.05) is 0 Å². The summed E-state index contributed by atoms with van der Waals surface area (Å²) in [5.74, 6) is 0. The van der Waals surface area contributed by atoms with Crippen LogP contribution in [0, 0.1) is 10.6 Å². The highest BCUT2D eigenvalue weighted by Gasteiger charge is 2.16. The maximum absolute atomic E-state index is 4.72. The summed E-state index contributed by atoms with van der Waals surface area (Å²) < 4.78 is 4.61. The second-order valence-corrected chi connectivity index (χ2v) is 6.84. The number of rotatable bonds is 1. The third kappa shape index (κ3) is 1.78. The fourth-order valence-electron chi connectivity index (χ4n) is 2.45. The Kier molecular flexibility index (Phi) is 2.82. The summed E-state index contributed by atoms with van der Waals surface area (Å²) in [5.41, 5.74) is 4.92. The molecule has 0 unspecified atom stereocenters. The van der Waals surface area contributed by atoms with E-state index in [0.717, 1.165) is 8.66 Å². The molecule has 0 saturated carbocycles. The molecule has 0 N–H and O–H groups in total. The number of nitrogens with zero attached hydrogens (tertiary/aromatic N) is 2. The molecule has 0 radical (unpaired) electrons. The van der Waals surface area contributed by atoms with Crippen molar-refractivity contribution < 1.29 is 0 Å². The Hall–Kier alpha value is -1.40. The van der Waals surface area contributed by atoms with E-state index in [9.17, 15) is 0 Å². The van der Waals surface area contributed by atoms with Crippen molar-refractivity contribution >= 4 is 49.1 Å². The van der Waals surface area contributed by atoms with Crippen molar-refractivity contribution in [1.29, 1.82) is 0 Å². The van der Waals surface area contributed by atoms with E-state index in [1.807, 2.05) is 0 Å². The van der Waals surface area contributed by atoms with Gasteiger partial charge in [0.15, 0.2) is 4.96 Å². The van der Waals surface area contributed by atoms with E-state index in [1.165, 1.54) is 27.0 Å². The van der Waals surface area contributed by atoms with Crippen LogP contribution in [0.2, 0.25) is 0 Å². The quantitative estimate of drug-likeness (QED) is 0.412. The standard InChI is InChI=1S/C16H11IN2S/c1-10-6-8-11(9-7-10)14-15(17)18-16-19(14)12-4-2-3-5-13(12)20-16/h2-9H,1H3. The van der Waals surface area contributed by atoms with Gasteiger partial charge < -0.3 is 0 Å². The molecule has 0 spiro atoms. The van der Waals surface area contributed by atoms with Crippen molar-refractivity contribution in [2.45, 2.75) is 6.92 Å². The molecule has 20 heavy (non-hydrogen) atoms. The molecule has 0 atom stereocenters. The highest BCUT2D eigenvalue weighted by Crippen LogP contribution is 2.34. The number of para-hydroxylation sites is 1. The molecule has 0 bridgehead atoms. The number of benzene rings is 2. The fourth-order valence-corrected chi connectivity index (χ4v) is 4.42. The lowest BCUT2D eigenvalue weighted by molar-refractivity contribution is 1.29. The van der Waals surface area contributed by atoms with Crippen LogP contribution in [0.3, 0.4) is 0 Å². The summed E-state index contributed by atoms with van der Waals surface area (Å²) in [6.07, 6.45) is 0. The Balaban J connectivity index is 2.11. The van der Waals surface area contributed by atoms with Gasteiger partial charge in [0.1, 0.15) is 3.70 Å². The van der Waals surface area contributed by atoms with Gasteiger partial charge in [0.05, 0.1) is 15.9 Å². The average Bonchev–Trinajstić information content (AvgIpc) is 2.94. The first-order valence-corrected chi connectivity index (χ1v) is 8.26. The average molecular weight is 390 g/mol. The highest BCUT2D eigenvalue weighted by molar-refractivity contribution is 14.1. The highest BCUT2D eigenvalue weighted by atomic mass is 127.